The molecule has 13 heteroatoms. The quantitative estimate of drug-likeness (QED) is 0.239. The number of likely N-dealkylation sites (N-methyl/N-ethyl adjacent to an activating group) is 1. The topological polar surface area (TPSA) is 123 Å². The standard InChI is InChI=1S/C28H41N4O7S2/c1-27(2,3)39-26(35)31-16-28(15-18(33)14-19(28)23(31)24(34)38-7)30(4)17-9-10-20-21(13-17)40(22-11-12-32(22,5)6)25(29-20)41(8,36)37/h9-10,13,19,22-23,40H,11-12,14-16H2,1-8H3/q+1/t19-,22?,23?,28-/m1/s1. The second kappa shape index (κ2) is 9.70. The highest BCUT2D eigenvalue weighted by Crippen LogP contribution is 2.60. The number of Topliss-reactive ketones (excluding diaryl/α,β-unsaturated/α-hetero) is 1. The summed E-state index contributed by atoms with van der Waals surface area (Å²) in [6.45, 7) is 6.37. The lowest BCUT2D eigenvalue weighted by atomic mass is 9.84. The van der Waals surface area contributed by atoms with Crippen molar-refractivity contribution in [1.29, 1.82) is 0 Å². The van der Waals surface area contributed by atoms with Crippen LogP contribution in [0.15, 0.2) is 28.1 Å². The van der Waals surface area contributed by atoms with Gasteiger partial charge in [0.1, 0.15) is 22.8 Å². The monoisotopic (exact) mass is 609 g/mol. The van der Waals surface area contributed by atoms with Crippen molar-refractivity contribution in [2.45, 2.75) is 67.5 Å². The summed E-state index contributed by atoms with van der Waals surface area (Å²) in [7, 11) is 2.65. The molecule has 5 atom stereocenters. The predicted molar refractivity (Wildman–Crippen MR) is 159 cm³/mol. The van der Waals surface area contributed by atoms with Crippen LogP contribution in [-0.2, 0) is 28.9 Å². The molecule has 1 aromatic rings. The minimum absolute atomic E-state index is 0.0132. The first-order valence-corrected chi connectivity index (χ1v) is 17.1. The fraction of sp³-hybridized carbons (Fsp3) is 0.643. The predicted octanol–water partition coefficient (Wildman–Crippen LogP) is 2.85. The number of sulfone groups is 1. The number of methoxy groups -OCH3 is 1. The molecular weight excluding hydrogens is 568 g/mol. The van der Waals surface area contributed by atoms with Crippen molar-refractivity contribution in [2.24, 2.45) is 10.9 Å². The largest absolute Gasteiger partial charge is 0.467 e. The molecule has 1 aromatic carbocycles. The number of carbonyl (C=O) groups excluding carboxylic acids is 3. The summed E-state index contributed by atoms with van der Waals surface area (Å²) in [5.41, 5.74) is -0.201. The number of aliphatic imine (C=N–C) groups is 1. The number of ketones is 1. The van der Waals surface area contributed by atoms with E-state index in [0.717, 1.165) is 28.0 Å². The van der Waals surface area contributed by atoms with Crippen LogP contribution in [0.2, 0.25) is 0 Å². The zero-order valence-electron chi connectivity index (χ0n) is 25.0. The highest BCUT2D eigenvalue weighted by atomic mass is 32.3. The van der Waals surface area contributed by atoms with Crippen molar-refractivity contribution < 1.29 is 36.8 Å². The number of hydrogen-bond donors (Lipinski definition) is 1. The van der Waals surface area contributed by atoms with Crippen molar-refractivity contribution in [2.75, 3.05) is 52.5 Å². The molecule has 0 bridgehead atoms. The second-order valence-corrected chi connectivity index (χ2v) is 17.7. The highest BCUT2D eigenvalue weighted by Gasteiger charge is 2.64. The number of anilines is 1. The molecule has 0 aromatic heterocycles. The van der Waals surface area contributed by atoms with Gasteiger partial charge in [-0.2, -0.15) is 0 Å². The van der Waals surface area contributed by atoms with Crippen LogP contribution in [-0.4, -0.2) is 110 Å². The number of ether oxygens (including phenoxy) is 2. The van der Waals surface area contributed by atoms with Crippen LogP contribution >= 0.6 is 10.9 Å². The molecule has 2 saturated heterocycles. The second-order valence-electron chi connectivity index (χ2n) is 13.2. The van der Waals surface area contributed by atoms with E-state index < -0.39 is 55.9 Å². The number of quaternary nitrogens is 1. The van der Waals surface area contributed by atoms with Crippen LogP contribution in [0.5, 0.6) is 0 Å². The number of esters is 1. The van der Waals surface area contributed by atoms with Crippen molar-refractivity contribution in [3.8, 4) is 0 Å². The Balaban J connectivity index is 1.56. The molecule has 11 nitrogen and oxygen atoms in total. The lowest BCUT2D eigenvalue weighted by Gasteiger charge is -2.50. The van der Waals surface area contributed by atoms with E-state index in [0.29, 0.717) is 5.69 Å². The van der Waals surface area contributed by atoms with Gasteiger partial charge in [0, 0.05) is 49.2 Å². The summed E-state index contributed by atoms with van der Waals surface area (Å²) >= 11 is 0. The molecule has 41 heavy (non-hydrogen) atoms. The van der Waals surface area contributed by atoms with E-state index in [2.05, 4.69) is 19.1 Å². The third-order valence-electron chi connectivity index (χ3n) is 8.97. The molecular formula is C28H41N4O7S2+. The van der Waals surface area contributed by atoms with Gasteiger partial charge in [-0.15, -0.1) is 10.9 Å². The van der Waals surface area contributed by atoms with E-state index in [1.165, 1.54) is 18.3 Å². The van der Waals surface area contributed by atoms with E-state index >= 15 is 0 Å². The summed E-state index contributed by atoms with van der Waals surface area (Å²) in [5.74, 6) is -1.07. The average Bonchev–Trinajstić information content (AvgIpc) is 3.48. The van der Waals surface area contributed by atoms with Crippen molar-refractivity contribution in [1.82, 2.24) is 4.90 Å². The van der Waals surface area contributed by atoms with Crippen LogP contribution < -0.4 is 4.90 Å². The maximum Gasteiger partial charge on any atom is 0.411 e. The Labute approximate surface area is 244 Å². The molecule has 0 spiro atoms. The van der Waals surface area contributed by atoms with Gasteiger partial charge in [-0.25, -0.2) is 23.0 Å². The van der Waals surface area contributed by atoms with Crippen molar-refractivity contribution in [3.05, 3.63) is 18.2 Å². The van der Waals surface area contributed by atoms with Gasteiger partial charge in [0.25, 0.3) is 0 Å². The lowest BCUT2D eigenvalue weighted by Crippen LogP contribution is -2.59. The van der Waals surface area contributed by atoms with Crippen LogP contribution in [0, 0.1) is 5.92 Å². The molecule has 3 heterocycles. The molecule has 0 radical (unpaired) electrons. The maximum absolute atomic E-state index is 13.3. The normalized spacial score (nSPS) is 31.2. The first-order chi connectivity index (χ1) is 18.9. The number of fused-ring (bicyclic) bond motifs is 2. The Morgan fingerprint density at radius 1 is 1.24 bits per heavy atom. The van der Waals surface area contributed by atoms with Crippen molar-refractivity contribution in [3.63, 3.8) is 0 Å². The Hall–Kier alpha value is -2.64. The van der Waals surface area contributed by atoms with Gasteiger partial charge in [0.15, 0.2) is 14.2 Å². The molecule has 3 unspecified atom stereocenters. The zero-order valence-corrected chi connectivity index (χ0v) is 26.7. The number of nitrogens with zero attached hydrogens (tertiary/aromatic N) is 4. The Kier molecular flexibility index (Phi) is 7.06. The fourth-order valence-corrected chi connectivity index (χ4v) is 11.9. The fourth-order valence-electron chi connectivity index (χ4n) is 6.83. The van der Waals surface area contributed by atoms with Gasteiger partial charge >= 0.3 is 12.1 Å². The summed E-state index contributed by atoms with van der Waals surface area (Å²) < 4.78 is 37.4. The van der Waals surface area contributed by atoms with Crippen LogP contribution in [0.4, 0.5) is 16.2 Å². The smallest absolute Gasteiger partial charge is 0.411 e. The number of thiol groups is 1. The molecule has 226 valence electrons. The van der Waals surface area contributed by atoms with Crippen LogP contribution in [0.25, 0.3) is 0 Å². The van der Waals surface area contributed by atoms with E-state index in [1.807, 2.05) is 30.1 Å². The molecule has 0 N–H and O–H groups in total. The average molecular weight is 610 g/mol. The molecule has 4 aliphatic rings. The third-order valence-corrected chi connectivity index (χ3v) is 14.2. The summed E-state index contributed by atoms with van der Waals surface area (Å²) in [4.78, 5) is 48.3. The Morgan fingerprint density at radius 2 is 1.93 bits per heavy atom. The number of likely N-dealkylation sites (tertiary alicyclic amines) is 2. The SMILES string of the molecule is COC(=O)C1[C@H]2CC(=O)C[C@@]2(N(C)c2ccc3c(c2)[SH](C2CC[N+]2(C)C)C(S(C)(=O)=O)=N3)CN1C(=O)OC(C)(C)C. The zero-order chi connectivity index (χ0) is 30.3. The number of rotatable bonds is 4. The molecule has 1 amide bonds. The van der Waals surface area contributed by atoms with Gasteiger partial charge in [-0.05, 0) is 39.0 Å². The summed E-state index contributed by atoms with van der Waals surface area (Å²) in [6, 6.07) is 4.75. The van der Waals surface area contributed by atoms with Gasteiger partial charge in [-0.3, -0.25) is 9.69 Å². The van der Waals surface area contributed by atoms with Gasteiger partial charge < -0.3 is 18.9 Å². The first-order valence-electron chi connectivity index (χ1n) is 13.8. The van der Waals surface area contributed by atoms with Crippen LogP contribution in [0.3, 0.4) is 0 Å². The van der Waals surface area contributed by atoms with E-state index in [9.17, 15) is 22.8 Å². The number of hydrogen-bond acceptors (Lipinski definition) is 9. The first kappa shape index (κ1) is 29.8. The summed E-state index contributed by atoms with van der Waals surface area (Å²) in [5, 5.41) is 0.136. The van der Waals surface area contributed by atoms with Crippen LogP contribution in [0.1, 0.15) is 40.0 Å². The van der Waals surface area contributed by atoms with E-state index in [1.54, 1.807) is 20.8 Å². The van der Waals surface area contributed by atoms with Gasteiger partial charge in [0.05, 0.1) is 45.4 Å². The Bertz CT molecular complexity index is 1450. The highest BCUT2D eigenvalue weighted by molar-refractivity contribution is 8.45. The molecule has 5 rings (SSSR count). The number of amides is 1. The van der Waals surface area contributed by atoms with Gasteiger partial charge in [0.2, 0.25) is 0 Å². The van der Waals surface area contributed by atoms with E-state index in [-0.39, 0.29) is 34.9 Å². The van der Waals surface area contributed by atoms with Crippen molar-refractivity contribution >= 4 is 54.3 Å². The number of carbonyl (C=O) groups is 3. The lowest BCUT2D eigenvalue weighted by molar-refractivity contribution is -0.939. The third kappa shape index (κ3) is 4.93. The molecule has 3 fully saturated rings. The molecule has 1 saturated carbocycles. The minimum atomic E-state index is -3.51. The molecule has 1 aliphatic carbocycles. The van der Waals surface area contributed by atoms with E-state index in [4.69, 9.17) is 9.47 Å². The minimum Gasteiger partial charge on any atom is -0.467 e. The summed E-state index contributed by atoms with van der Waals surface area (Å²) in [6.07, 6.45) is 1.80. The Morgan fingerprint density at radius 3 is 2.46 bits per heavy atom. The molecule has 3 aliphatic heterocycles. The van der Waals surface area contributed by atoms with Gasteiger partial charge in [-0.1, -0.05) is 0 Å². The number of benzene rings is 1. The maximum atomic E-state index is 13.3.